The number of hydrogen-bond donors (Lipinski definition) is 2. The van der Waals surface area contributed by atoms with E-state index in [4.69, 9.17) is 5.73 Å². The number of carbonyl (C=O) groups excluding carboxylic acids is 1. The molecule has 0 radical (unpaired) electrons. The van der Waals surface area contributed by atoms with Crippen LogP contribution < -0.4 is 10.6 Å². The fraction of sp³-hybridized carbons (Fsp3) is 0.533. The van der Waals surface area contributed by atoms with Gasteiger partial charge in [-0.05, 0) is 37.3 Å². The van der Waals surface area contributed by atoms with E-state index in [9.17, 15) is 14.7 Å². The molecule has 1 aliphatic carbocycles. The van der Waals surface area contributed by atoms with Crippen LogP contribution in [0.4, 0.5) is 5.82 Å². The number of carbonyl (C=O) groups is 2. The van der Waals surface area contributed by atoms with Crippen molar-refractivity contribution < 1.29 is 14.7 Å². The topological polar surface area (TPSA) is 96.5 Å². The number of nitrogens with zero attached hydrogens (tertiary/aromatic N) is 2. The summed E-state index contributed by atoms with van der Waals surface area (Å²) in [5.74, 6) is -0.273. The van der Waals surface area contributed by atoms with Gasteiger partial charge in [0.1, 0.15) is 11.9 Å². The molecular weight excluding hydrogens is 270 g/mol. The molecule has 0 aromatic carbocycles. The Morgan fingerprint density at radius 2 is 2.05 bits per heavy atom. The van der Waals surface area contributed by atoms with Crippen LogP contribution in [0.25, 0.3) is 0 Å². The number of nitrogens with two attached hydrogens (primary N) is 1. The summed E-state index contributed by atoms with van der Waals surface area (Å²) in [6, 6.07) is 3.03. The molecule has 3 atom stereocenters. The molecule has 1 aromatic rings. The summed E-state index contributed by atoms with van der Waals surface area (Å²) in [6.07, 6.45) is 6.50. The summed E-state index contributed by atoms with van der Waals surface area (Å²) in [5.41, 5.74) is 5.55. The smallest absolute Gasteiger partial charge is 0.326 e. The van der Waals surface area contributed by atoms with Crippen LogP contribution in [0.2, 0.25) is 0 Å². The second-order valence-electron chi connectivity index (χ2n) is 5.88. The molecule has 112 valence electrons. The number of fused-ring (bicyclic) bond motifs is 1. The normalized spacial score (nSPS) is 28.2. The number of pyridine rings is 1. The largest absolute Gasteiger partial charge is 0.480 e. The van der Waals surface area contributed by atoms with Crippen molar-refractivity contribution in [1.29, 1.82) is 0 Å². The van der Waals surface area contributed by atoms with Crippen LogP contribution in [0, 0.1) is 5.92 Å². The van der Waals surface area contributed by atoms with Crippen molar-refractivity contribution in [1.82, 2.24) is 4.98 Å². The third-order valence-corrected chi connectivity index (χ3v) is 4.67. The minimum Gasteiger partial charge on any atom is -0.480 e. The first-order valence-electron chi connectivity index (χ1n) is 7.35. The highest BCUT2D eigenvalue weighted by Gasteiger charge is 2.45. The molecule has 0 bridgehead atoms. The van der Waals surface area contributed by atoms with Gasteiger partial charge in [-0.15, -0.1) is 0 Å². The van der Waals surface area contributed by atoms with Crippen LogP contribution in [0.1, 0.15) is 42.5 Å². The Kier molecular flexibility index (Phi) is 3.53. The van der Waals surface area contributed by atoms with Gasteiger partial charge in [-0.25, -0.2) is 9.78 Å². The first kappa shape index (κ1) is 13.9. The molecule has 1 amide bonds. The van der Waals surface area contributed by atoms with Crippen molar-refractivity contribution in [3.05, 3.63) is 23.9 Å². The van der Waals surface area contributed by atoms with Crippen molar-refractivity contribution in [2.24, 2.45) is 11.7 Å². The Labute approximate surface area is 123 Å². The molecular formula is C15H19N3O3. The van der Waals surface area contributed by atoms with Gasteiger partial charge >= 0.3 is 5.97 Å². The second kappa shape index (κ2) is 5.35. The van der Waals surface area contributed by atoms with E-state index >= 15 is 0 Å². The first-order chi connectivity index (χ1) is 10.1. The molecule has 3 rings (SSSR count). The van der Waals surface area contributed by atoms with Crippen LogP contribution in [-0.2, 0) is 4.79 Å². The van der Waals surface area contributed by atoms with E-state index < -0.39 is 17.9 Å². The molecule has 6 heteroatoms. The average molecular weight is 289 g/mol. The Hall–Kier alpha value is -2.11. The van der Waals surface area contributed by atoms with Gasteiger partial charge in [-0.1, -0.05) is 12.8 Å². The van der Waals surface area contributed by atoms with Crippen LogP contribution in [0.3, 0.4) is 0 Å². The van der Waals surface area contributed by atoms with Gasteiger partial charge < -0.3 is 15.7 Å². The minimum atomic E-state index is -0.801. The summed E-state index contributed by atoms with van der Waals surface area (Å²) in [5, 5.41) is 9.49. The molecule has 21 heavy (non-hydrogen) atoms. The molecule has 0 spiro atoms. The van der Waals surface area contributed by atoms with E-state index in [0.717, 1.165) is 19.3 Å². The summed E-state index contributed by atoms with van der Waals surface area (Å²) in [6.45, 7) is 0. The Morgan fingerprint density at radius 3 is 2.67 bits per heavy atom. The molecule has 1 aromatic heterocycles. The lowest BCUT2D eigenvalue weighted by molar-refractivity contribution is -0.138. The molecule has 1 saturated heterocycles. The van der Waals surface area contributed by atoms with E-state index in [1.54, 1.807) is 12.1 Å². The zero-order valence-electron chi connectivity index (χ0n) is 11.7. The number of rotatable bonds is 3. The number of carboxylic acid groups (broad SMARTS) is 1. The number of anilines is 1. The van der Waals surface area contributed by atoms with Gasteiger partial charge in [0.15, 0.2) is 0 Å². The lowest BCUT2D eigenvalue weighted by Gasteiger charge is -2.33. The number of carboxylic acids is 1. The first-order valence-corrected chi connectivity index (χ1v) is 7.35. The highest BCUT2D eigenvalue weighted by molar-refractivity contribution is 5.92. The Bertz CT molecular complexity index is 558. The molecule has 3 N–H and O–H groups in total. The third-order valence-electron chi connectivity index (χ3n) is 4.67. The van der Waals surface area contributed by atoms with Gasteiger partial charge in [0.2, 0.25) is 5.91 Å². The summed E-state index contributed by atoms with van der Waals surface area (Å²) >= 11 is 0. The number of amides is 1. The maximum atomic E-state index is 11.6. The van der Waals surface area contributed by atoms with Gasteiger partial charge in [0, 0.05) is 12.2 Å². The fourth-order valence-electron chi connectivity index (χ4n) is 3.69. The highest BCUT2D eigenvalue weighted by atomic mass is 16.4. The summed E-state index contributed by atoms with van der Waals surface area (Å²) in [4.78, 5) is 28.9. The minimum absolute atomic E-state index is 0.242. The number of primary amides is 1. The monoisotopic (exact) mass is 289 g/mol. The molecule has 2 fully saturated rings. The molecule has 6 nitrogen and oxygen atoms in total. The van der Waals surface area contributed by atoms with Gasteiger partial charge in [-0.2, -0.15) is 0 Å². The predicted molar refractivity (Wildman–Crippen MR) is 77.0 cm³/mol. The molecule has 1 aliphatic heterocycles. The van der Waals surface area contributed by atoms with Crippen LogP contribution in [-0.4, -0.2) is 34.1 Å². The van der Waals surface area contributed by atoms with Crippen molar-refractivity contribution in [3.8, 4) is 0 Å². The standard InChI is InChI=1S/C15H19N3O3/c16-14(19)10-5-6-13(17-8-10)18-11-4-2-1-3-9(11)7-12(18)15(20)21/h5-6,8-9,11-12H,1-4,7H2,(H2,16,19)(H,20,21). The van der Waals surface area contributed by atoms with E-state index in [1.165, 1.54) is 12.6 Å². The SMILES string of the molecule is NC(=O)c1ccc(N2C(C(=O)O)CC3CCCCC32)nc1. The second-order valence-corrected chi connectivity index (χ2v) is 5.88. The summed E-state index contributed by atoms with van der Waals surface area (Å²) < 4.78 is 0. The summed E-state index contributed by atoms with van der Waals surface area (Å²) in [7, 11) is 0. The highest BCUT2D eigenvalue weighted by Crippen LogP contribution is 2.41. The van der Waals surface area contributed by atoms with Gasteiger partial charge in [0.25, 0.3) is 0 Å². The van der Waals surface area contributed by atoms with Gasteiger partial charge in [-0.3, -0.25) is 4.79 Å². The lowest BCUT2D eigenvalue weighted by Crippen LogP contribution is -2.43. The lowest BCUT2D eigenvalue weighted by atomic mass is 9.85. The molecule has 2 heterocycles. The van der Waals surface area contributed by atoms with E-state index in [1.807, 2.05) is 4.90 Å². The van der Waals surface area contributed by atoms with E-state index in [2.05, 4.69) is 4.98 Å². The number of hydrogen-bond acceptors (Lipinski definition) is 4. The third kappa shape index (κ3) is 2.46. The zero-order chi connectivity index (χ0) is 15.0. The Balaban J connectivity index is 1.92. The van der Waals surface area contributed by atoms with E-state index in [-0.39, 0.29) is 6.04 Å². The Morgan fingerprint density at radius 1 is 1.29 bits per heavy atom. The maximum Gasteiger partial charge on any atom is 0.326 e. The van der Waals surface area contributed by atoms with E-state index in [0.29, 0.717) is 23.7 Å². The average Bonchev–Trinajstić information content (AvgIpc) is 2.87. The predicted octanol–water partition coefficient (Wildman–Crippen LogP) is 1.40. The zero-order valence-corrected chi connectivity index (χ0v) is 11.7. The maximum absolute atomic E-state index is 11.6. The number of aliphatic carboxylic acids is 1. The van der Waals surface area contributed by atoms with Crippen LogP contribution >= 0.6 is 0 Å². The van der Waals surface area contributed by atoms with Crippen molar-refractivity contribution >= 4 is 17.7 Å². The molecule has 1 saturated carbocycles. The quantitative estimate of drug-likeness (QED) is 0.876. The number of aromatic nitrogens is 1. The fourth-order valence-corrected chi connectivity index (χ4v) is 3.69. The van der Waals surface area contributed by atoms with Gasteiger partial charge in [0.05, 0.1) is 5.56 Å². The molecule has 2 aliphatic rings. The van der Waals surface area contributed by atoms with Crippen LogP contribution in [0.5, 0.6) is 0 Å². The van der Waals surface area contributed by atoms with Crippen molar-refractivity contribution in [2.75, 3.05) is 4.90 Å². The van der Waals surface area contributed by atoms with Crippen molar-refractivity contribution in [3.63, 3.8) is 0 Å². The van der Waals surface area contributed by atoms with Crippen LogP contribution in [0.15, 0.2) is 18.3 Å². The molecule has 3 unspecified atom stereocenters. The van der Waals surface area contributed by atoms with Crippen molar-refractivity contribution in [2.45, 2.75) is 44.2 Å².